The predicted octanol–water partition coefficient (Wildman–Crippen LogP) is 2.57. The van der Waals surface area contributed by atoms with Gasteiger partial charge < -0.3 is 19.1 Å². The minimum Gasteiger partial charge on any atom is -0.458 e. The molecule has 1 saturated heterocycles. The summed E-state index contributed by atoms with van der Waals surface area (Å²) in [5, 5.41) is 10.5. The van der Waals surface area contributed by atoms with Crippen molar-refractivity contribution in [2.24, 2.45) is 4.76 Å². The molecule has 0 aromatic carbocycles. The Morgan fingerprint density at radius 1 is 1.44 bits per heavy atom. The first-order chi connectivity index (χ1) is 14.7. The number of halogens is 1. The highest BCUT2D eigenvalue weighted by Crippen LogP contribution is 2.54. The van der Waals surface area contributed by atoms with Gasteiger partial charge in [0, 0.05) is 11.9 Å². The lowest BCUT2D eigenvalue weighted by Crippen LogP contribution is -2.43. The third kappa shape index (κ3) is 5.70. The van der Waals surface area contributed by atoms with Gasteiger partial charge in [0.2, 0.25) is 0 Å². The zero-order chi connectivity index (χ0) is 24.4. The Bertz CT molecular complexity index is 976. The Morgan fingerprint density at radius 3 is 2.59 bits per heavy atom. The van der Waals surface area contributed by atoms with Gasteiger partial charge in [0.15, 0.2) is 11.9 Å². The number of hydrogen-bond acceptors (Lipinski definition) is 8. The molecular formula is C20H31FN3O7P. The van der Waals surface area contributed by atoms with Crippen molar-refractivity contribution >= 4 is 19.2 Å². The van der Waals surface area contributed by atoms with Crippen LogP contribution in [0.1, 0.15) is 53.5 Å². The number of alkyl halides is 1. The van der Waals surface area contributed by atoms with Gasteiger partial charge in [-0.05, 0) is 40.7 Å². The highest BCUT2D eigenvalue weighted by molar-refractivity contribution is 7.58. The van der Waals surface area contributed by atoms with Crippen molar-refractivity contribution in [3.63, 3.8) is 0 Å². The van der Waals surface area contributed by atoms with E-state index in [1.165, 1.54) is 19.2 Å². The molecule has 0 aliphatic carbocycles. The summed E-state index contributed by atoms with van der Waals surface area (Å²) < 4.78 is 49.6. The highest BCUT2D eigenvalue weighted by atomic mass is 31.2. The second-order valence-corrected chi connectivity index (χ2v) is 11.1. The number of aliphatic hydroxyl groups excluding tert-OH is 1. The third-order valence-electron chi connectivity index (χ3n) is 4.94. The Hall–Kier alpha value is -1.94. The Morgan fingerprint density at radius 2 is 2.06 bits per heavy atom. The summed E-state index contributed by atoms with van der Waals surface area (Å²) in [5.41, 5.74) is -3.37. The van der Waals surface area contributed by atoms with E-state index in [1.807, 2.05) is 0 Å². The van der Waals surface area contributed by atoms with E-state index in [0.717, 1.165) is 11.5 Å². The minimum absolute atomic E-state index is 0.130. The molecule has 0 saturated carbocycles. The average Bonchev–Trinajstić information content (AvgIpc) is 2.89. The number of ether oxygens (including phenoxy) is 2. The van der Waals surface area contributed by atoms with Crippen LogP contribution in [-0.2, 0) is 23.4 Å². The number of aromatic nitrogens is 2. The number of carbonyl (C=O) groups excluding carboxylic acids is 1. The molecule has 180 valence electrons. The van der Waals surface area contributed by atoms with Crippen LogP contribution in [0.25, 0.3) is 0 Å². The number of rotatable bonds is 8. The van der Waals surface area contributed by atoms with Gasteiger partial charge in [-0.25, -0.2) is 14.0 Å². The van der Waals surface area contributed by atoms with E-state index in [2.05, 4.69) is 9.75 Å². The van der Waals surface area contributed by atoms with Gasteiger partial charge in [0.1, 0.15) is 17.9 Å². The standard InChI is InChI=1S/C20H31FN3O7P/c1-11(2)30-17(26)14(6)23-32(28,12(3)4)29-10-15-16(25)20(7,21)18(31-15)24-9-8-13(5)22-19(24)27/h8-9,11-12,15-16,18,25H,10H2,1-7H3. The monoisotopic (exact) mass is 475 g/mol. The maximum absolute atomic E-state index is 15.3. The van der Waals surface area contributed by atoms with Gasteiger partial charge >= 0.3 is 19.2 Å². The molecule has 32 heavy (non-hydrogen) atoms. The smallest absolute Gasteiger partial charge is 0.352 e. The molecule has 1 fully saturated rings. The predicted molar refractivity (Wildman–Crippen MR) is 116 cm³/mol. The fourth-order valence-corrected chi connectivity index (χ4v) is 4.50. The summed E-state index contributed by atoms with van der Waals surface area (Å²) in [6.45, 7) is 10.1. The molecule has 5 unspecified atom stereocenters. The fourth-order valence-electron chi connectivity index (χ4n) is 3.05. The van der Waals surface area contributed by atoms with Crippen LogP contribution >= 0.6 is 7.52 Å². The number of carbonyl (C=O) groups is 1. The number of nitrogens with zero attached hydrogens (tertiary/aromatic N) is 3. The lowest BCUT2D eigenvalue weighted by molar-refractivity contribution is -0.139. The van der Waals surface area contributed by atoms with Crippen molar-refractivity contribution in [3.05, 3.63) is 28.4 Å². The lowest BCUT2D eigenvalue weighted by atomic mass is 9.98. The second-order valence-electron chi connectivity index (χ2n) is 8.47. The molecule has 0 amide bonds. The van der Waals surface area contributed by atoms with Crippen molar-refractivity contribution in [1.82, 2.24) is 9.55 Å². The first kappa shape index (κ1) is 26.3. The SMILES string of the molecule is CC(=NP(=O)(OCC1OC(n2ccc(C)nc2=O)C(C)(F)C1O)C(C)C)C(=O)OC(C)C. The van der Waals surface area contributed by atoms with E-state index in [4.69, 9.17) is 14.0 Å². The van der Waals surface area contributed by atoms with E-state index >= 15 is 4.39 Å². The van der Waals surface area contributed by atoms with E-state index in [1.54, 1.807) is 34.6 Å². The van der Waals surface area contributed by atoms with Gasteiger partial charge in [-0.15, -0.1) is 0 Å². The zero-order valence-electron chi connectivity index (χ0n) is 19.3. The molecule has 0 radical (unpaired) electrons. The van der Waals surface area contributed by atoms with Crippen LogP contribution in [0.3, 0.4) is 0 Å². The van der Waals surface area contributed by atoms with Gasteiger partial charge in [0.05, 0.1) is 18.4 Å². The van der Waals surface area contributed by atoms with Gasteiger partial charge in [-0.3, -0.25) is 9.13 Å². The van der Waals surface area contributed by atoms with Crippen LogP contribution in [0.2, 0.25) is 0 Å². The summed E-state index contributed by atoms with van der Waals surface area (Å²) in [7, 11) is -3.78. The normalized spacial score (nSPS) is 28.2. The molecule has 1 N–H and O–H groups in total. The number of esters is 1. The van der Waals surface area contributed by atoms with E-state index < -0.39 is 55.5 Å². The van der Waals surface area contributed by atoms with Crippen LogP contribution in [0.4, 0.5) is 4.39 Å². The maximum Gasteiger partial charge on any atom is 0.352 e. The molecule has 1 aliphatic heterocycles. The Kier molecular flexibility index (Phi) is 8.15. The molecule has 5 atom stereocenters. The quantitative estimate of drug-likeness (QED) is 0.345. The molecule has 10 nitrogen and oxygen atoms in total. The van der Waals surface area contributed by atoms with Crippen LogP contribution in [-0.4, -0.2) is 62.6 Å². The van der Waals surface area contributed by atoms with Crippen molar-refractivity contribution in [1.29, 1.82) is 0 Å². The summed E-state index contributed by atoms with van der Waals surface area (Å²) >= 11 is 0. The molecule has 2 rings (SSSR count). The van der Waals surface area contributed by atoms with E-state index in [0.29, 0.717) is 5.69 Å². The zero-order valence-corrected chi connectivity index (χ0v) is 20.2. The van der Waals surface area contributed by atoms with Crippen LogP contribution in [0, 0.1) is 6.92 Å². The van der Waals surface area contributed by atoms with Crippen molar-refractivity contribution in [3.8, 4) is 0 Å². The molecule has 1 aromatic rings. The topological polar surface area (TPSA) is 129 Å². The largest absolute Gasteiger partial charge is 0.458 e. The van der Waals surface area contributed by atoms with Crippen molar-refractivity contribution < 1.29 is 32.9 Å². The van der Waals surface area contributed by atoms with Crippen molar-refractivity contribution in [2.75, 3.05) is 6.61 Å². The van der Waals surface area contributed by atoms with Crippen molar-refractivity contribution in [2.45, 2.75) is 84.3 Å². The molecule has 1 aliphatic rings. The molecule has 0 spiro atoms. The number of hydrogen-bond donors (Lipinski definition) is 1. The summed E-state index contributed by atoms with van der Waals surface area (Å²) in [6.07, 6.45) is -3.44. The van der Waals surface area contributed by atoms with Crippen LogP contribution < -0.4 is 5.69 Å². The lowest BCUT2D eigenvalue weighted by Gasteiger charge is -2.25. The molecule has 0 bridgehead atoms. The van der Waals surface area contributed by atoms with E-state index in [9.17, 15) is 19.3 Å². The number of aryl methyl sites for hydroxylation is 1. The fraction of sp³-hybridized carbons (Fsp3) is 0.700. The molecule has 2 heterocycles. The molecule has 1 aromatic heterocycles. The van der Waals surface area contributed by atoms with Gasteiger partial charge in [0.25, 0.3) is 0 Å². The highest BCUT2D eigenvalue weighted by Gasteiger charge is 2.55. The second kappa shape index (κ2) is 9.91. The third-order valence-corrected chi connectivity index (χ3v) is 7.35. The number of aliphatic hydroxyl groups is 1. The maximum atomic E-state index is 15.3. The molecular weight excluding hydrogens is 444 g/mol. The van der Waals surface area contributed by atoms with E-state index in [-0.39, 0.29) is 11.8 Å². The Balaban J connectivity index is 2.22. The van der Waals surface area contributed by atoms with Crippen LogP contribution in [0.15, 0.2) is 21.8 Å². The summed E-state index contributed by atoms with van der Waals surface area (Å²) in [6, 6.07) is 1.51. The van der Waals surface area contributed by atoms with Gasteiger partial charge in [-0.2, -0.15) is 9.75 Å². The first-order valence-electron chi connectivity index (χ1n) is 10.3. The first-order valence-corrected chi connectivity index (χ1v) is 11.9. The summed E-state index contributed by atoms with van der Waals surface area (Å²) in [4.78, 5) is 28.0. The van der Waals surface area contributed by atoms with Crippen LogP contribution in [0.5, 0.6) is 0 Å². The average molecular weight is 475 g/mol. The summed E-state index contributed by atoms with van der Waals surface area (Å²) in [5.74, 6) is -0.732. The Labute approximate surface area is 186 Å². The molecule has 12 heteroatoms. The van der Waals surface area contributed by atoms with Gasteiger partial charge in [-0.1, -0.05) is 13.8 Å². The minimum atomic E-state index is -3.78.